The molecule has 1 aromatic rings. The summed E-state index contributed by atoms with van der Waals surface area (Å²) in [6.07, 6.45) is 0. The van der Waals surface area contributed by atoms with E-state index in [0.717, 1.165) is 11.3 Å². The van der Waals surface area contributed by atoms with E-state index in [9.17, 15) is 4.79 Å². The minimum atomic E-state index is -0.242. The summed E-state index contributed by atoms with van der Waals surface area (Å²) in [4.78, 5) is 11.7. The van der Waals surface area contributed by atoms with E-state index in [-0.39, 0.29) is 17.8 Å². The van der Waals surface area contributed by atoms with E-state index in [2.05, 4.69) is 0 Å². The van der Waals surface area contributed by atoms with Gasteiger partial charge >= 0.3 is 0 Å². The average molecular weight is 252 g/mol. The van der Waals surface area contributed by atoms with Crippen molar-refractivity contribution in [2.75, 3.05) is 5.75 Å². The molecule has 0 unspecified atom stereocenters. The summed E-state index contributed by atoms with van der Waals surface area (Å²) in [5.41, 5.74) is 1.87. The Balaban J connectivity index is 2.38. The normalized spacial score (nSPS) is 11.5. The van der Waals surface area contributed by atoms with Crippen LogP contribution in [0.4, 0.5) is 0 Å². The van der Waals surface area contributed by atoms with Crippen molar-refractivity contribution in [1.29, 1.82) is 0 Å². The number of ketones is 1. The van der Waals surface area contributed by atoms with Crippen LogP contribution < -0.4 is 0 Å². The quantitative estimate of drug-likeness (QED) is 0.875. The molecule has 17 heavy (non-hydrogen) atoms. The SMILES string of the molecule is CC(C)(C)C(=O)CSCc1ccc(CO)cc1. The molecule has 0 aliphatic carbocycles. The molecule has 94 valence electrons. The van der Waals surface area contributed by atoms with Gasteiger partial charge < -0.3 is 5.11 Å². The van der Waals surface area contributed by atoms with Gasteiger partial charge in [0.2, 0.25) is 0 Å². The fourth-order valence-corrected chi connectivity index (χ4v) is 2.37. The van der Waals surface area contributed by atoms with Crippen molar-refractivity contribution in [3.05, 3.63) is 35.4 Å². The molecule has 0 heterocycles. The van der Waals surface area contributed by atoms with Gasteiger partial charge in [0.25, 0.3) is 0 Å². The Kier molecular flexibility index (Phi) is 5.22. The number of rotatable bonds is 5. The molecule has 1 aromatic carbocycles. The van der Waals surface area contributed by atoms with E-state index in [0.29, 0.717) is 5.75 Å². The van der Waals surface area contributed by atoms with Crippen molar-refractivity contribution < 1.29 is 9.90 Å². The van der Waals surface area contributed by atoms with Crippen LogP contribution in [0.15, 0.2) is 24.3 Å². The number of aliphatic hydroxyl groups excluding tert-OH is 1. The van der Waals surface area contributed by atoms with Crippen LogP contribution in [-0.4, -0.2) is 16.6 Å². The number of hydrogen-bond acceptors (Lipinski definition) is 3. The molecule has 1 rings (SSSR count). The summed E-state index contributed by atoms with van der Waals surface area (Å²) in [6, 6.07) is 7.84. The minimum Gasteiger partial charge on any atom is -0.392 e. The molecule has 0 bridgehead atoms. The Bertz CT molecular complexity index is 363. The third-order valence-electron chi connectivity index (χ3n) is 2.54. The average Bonchev–Trinajstić information content (AvgIpc) is 2.28. The van der Waals surface area contributed by atoms with Crippen molar-refractivity contribution in [1.82, 2.24) is 0 Å². The van der Waals surface area contributed by atoms with Gasteiger partial charge in [0, 0.05) is 11.2 Å². The molecule has 1 N–H and O–H groups in total. The molecule has 2 nitrogen and oxygen atoms in total. The predicted molar refractivity (Wildman–Crippen MR) is 73.0 cm³/mol. The lowest BCUT2D eigenvalue weighted by Gasteiger charge is -2.15. The highest BCUT2D eigenvalue weighted by atomic mass is 32.2. The van der Waals surface area contributed by atoms with Crippen LogP contribution >= 0.6 is 11.8 Å². The second kappa shape index (κ2) is 6.22. The van der Waals surface area contributed by atoms with Crippen molar-refractivity contribution in [3.63, 3.8) is 0 Å². The predicted octanol–water partition coefficient (Wildman–Crippen LogP) is 3.03. The number of carbonyl (C=O) groups excluding carboxylic acids is 1. The highest BCUT2D eigenvalue weighted by molar-refractivity contribution is 7.99. The first-order valence-corrected chi connectivity index (χ1v) is 6.88. The zero-order chi connectivity index (χ0) is 12.9. The zero-order valence-corrected chi connectivity index (χ0v) is 11.5. The number of carbonyl (C=O) groups is 1. The van der Waals surface area contributed by atoms with Gasteiger partial charge in [0.05, 0.1) is 12.4 Å². The molecule has 0 aliphatic rings. The summed E-state index contributed by atoms with van der Waals surface area (Å²) in [6.45, 7) is 5.93. The van der Waals surface area contributed by atoms with Crippen LogP contribution in [0.2, 0.25) is 0 Å². The second-order valence-electron chi connectivity index (χ2n) is 5.14. The highest BCUT2D eigenvalue weighted by Gasteiger charge is 2.20. The van der Waals surface area contributed by atoms with Gasteiger partial charge in [-0.2, -0.15) is 0 Å². The molecule has 0 fully saturated rings. The molecular formula is C14H20O2S. The first-order valence-electron chi connectivity index (χ1n) is 5.73. The van der Waals surface area contributed by atoms with Gasteiger partial charge in [-0.25, -0.2) is 0 Å². The third kappa shape index (κ3) is 4.92. The van der Waals surface area contributed by atoms with E-state index in [1.54, 1.807) is 11.8 Å². The topological polar surface area (TPSA) is 37.3 Å². The van der Waals surface area contributed by atoms with Crippen LogP contribution in [0, 0.1) is 5.41 Å². The Morgan fingerprint density at radius 3 is 2.18 bits per heavy atom. The molecule has 0 saturated heterocycles. The minimum absolute atomic E-state index is 0.0793. The third-order valence-corrected chi connectivity index (χ3v) is 3.55. The molecular weight excluding hydrogens is 232 g/mol. The van der Waals surface area contributed by atoms with E-state index in [4.69, 9.17) is 5.11 Å². The molecule has 0 spiro atoms. The summed E-state index contributed by atoms with van der Waals surface area (Å²) >= 11 is 1.64. The Labute approximate surface area is 107 Å². The van der Waals surface area contributed by atoms with E-state index in [1.165, 1.54) is 5.56 Å². The first kappa shape index (κ1) is 14.3. The molecule has 0 atom stereocenters. The summed E-state index contributed by atoms with van der Waals surface area (Å²) in [5, 5.41) is 8.92. The Hall–Kier alpha value is -0.800. The zero-order valence-electron chi connectivity index (χ0n) is 10.7. The number of thioether (sulfide) groups is 1. The Morgan fingerprint density at radius 2 is 1.71 bits per heavy atom. The van der Waals surface area contributed by atoms with Crippen LogP contribution in [0.1, 0.15) is 31.9 Å². The van der Waals surface area contributed by atoms with Gasteiger partial charge in [-0.15, -0.1) is 11.8 Å². The maximum Gasteiger partial charge on any atom is 0.148 e. The first-order chi connectivity index (χ1) is 7.93. The standard InChI is InChI=1S/C14H20O2S/c1-14(2,3)13(16)10-17-9-12-6-4-11(8-15)5-7-12/h4-7,15H,8-10H2,1-3H3. The monoisotopic (exact) mass is 252 g/mol. The van der Waals surface area contributed by atoms with Gasteiger partial charge in [-0.05, 0) is 11.1 Å². The fourth-order valence-electron chi connectivity index (χ4n) is 1.22. The molecule has 0 amide bonds. The maximum atomic E-state index is 11.7. The largest absolute Gasteiger partial charge is 0.392 e. The lowest BCUT2D eigenvalue weighted by atomic mass is 9.92. The highest BCUT2D eigenvalue weighted by Crippen LogP contribution is 2.20. The van der Waals surface area contributed by atoms with Gasteiger partial charge in [0.15, 0.2) is 0 Å². The second-order valence-corrected chi connectivity index (χ2v) is 6.13. The van der Waals surface area contributed by atoms with Crippen molar-refractivity contribution in [2.24, 2.45) is 5.41 Å². The van der Waals surface area contributed by atoms with Crippen LogP contribution in [0.5, 0.6) is 0 Å². The lowest BCUT2D eigenvalue weighted by Crippen LogP contribution is -2.22. The number of hydrogen-bond donors (Lipinski definition) is 1. The Morgan fingerprint density at radius 1 is 1.18 bits per heavy atom. The van der Waals surface area contributed by atoms with Gasteiger partial charge in [0.1, 0.15) is 5.78 Å². The van der Waals surface area contributed by atoms with Gasteiger partial charge in [-0.1, -0.05) is 45.0 Å². The van der Waals surface area contributed by atoms with Crippen molar-refractivity contribution in [3.8, 4) is 0 Å². The van der Waals surface area contributed by atoms with Crippen LogP contribution in [0.25, 0.3) is 0 Å². The smallest absolute Gasteiger partial charge is 0.148 e. The van der Waals surface area contributed by atoms with Crippen molar-refractivity contribution in [2.45, 2.75) is 33.1 Å². The summed E-state index contributed by atoms with van der Waals surface area (Å²) in [5.74, 6) is 1.69. The molecule has 0 radical (unpaired) electrons. The summed E-state index contributed by atoms with van der Waals surface area (Å²) in [7, 11) is 0. The van der Waals surface area contributed by atoms with Crippen molar-refractivity contribution >= 4 is 17.5 Å². The van der Waals surface area contributed by atoms with E-state index < -0.39 is 0 Å². The number of Topliss-reactive ketones (excluding diaryl/α,β-unsaturated/α-hetero) is 1. The molecule has 0 aliphatic heterocycles. The molecule has 3 heteroatoms. The number of aliphatic hydroxyl groups is 1. The molecule has 0 saturated carbocycles. The van der Waals surface area contributed by atoms with Crippen LogP contribution in [-0.2, 0) is 17.2 Å². The fraction of sp³-hybridized carbons (Fsp3) is 0.500. The number of benzene rings is 1. The van der Waals surface area contributed by atoms with Gasteiger partial charge in [-0.3, -0.25) is 4.79 Å². The van der Waals surface area contributed by atoms with E-state index in [1.807, 2.05) is 45.0 Å². The maximum absolute atomic E-state index is 11.7. The molecule has 0 aromatic heterocycles. The van der Waals surface area contributed by atoms with Crippen LogP contribution in [0.3, 0.4) is 0 Å². The summed E-state index contributed by atoms with van der Waals surface area (Å²) < 4.78 is 0. The lowest BCUT2D eigenvalue weighted by molar-refractivity contribution is -0.123. The van der Waals surface area contributed by atoms with E-state index >= 15 is 0 Å².